The summed E-state index contributed by atoms with van der Waals surface area (Å²) in [6.07, 6.45) is -0.762. The summed E-state index contributed by atoms with van der Waals surface area (Å²) < 4.78 is 12.1. The Bertz CT molecular complexity index is 441. The molecule has 0 saturated carbocycles. The molecule has 5 nitrogen and oxygen atoms in total. The molecule has 1 amide bonds. The Morgan fingerprint density at radius 2 is 2.16 bits per heavy atom. The largest absolute Gasteiger partial charge is 0.492 e. The van der Waals surface area contributed by atoms with E-state index in [-0.39, 0.29) is 6.61 Å². The second-order valence-corrected chi connectivity index (χ2v) is 5.42. The minimum atomic E-state index is -0.762. The molecule has 0 heterocycles. The molecule has 0 aliphatic heterocycles. The molecular formula is C12H16Br2N2O3. The van der Waals surface area contributed by atoms with Crippen LogP contribution in [0.1, 0.15) is 12.5 Å². The molecule has 1 aromatic carbocycles. The SMILES string of the molecule is CCOc1c(Br)cc(Br)cc1CNCCOC(N)=O. The molecule has 0 aromatic heterocycles. The number of carbonyl (C=O) groups is 1. The van der Waals surface area contributed by atoms with Gasteiger partial charge in [-0.3, -0.25) is 0 Å². The highest BCUT2D eigenvalue weighted by atomic mass is 79.9. The highest BCUT2D eigenvalue weighted by Gasteiger charge is 2.09. The molecule has 0 bridgehead atoms. The molecular weight excluding hydrogens is 380 g/mol. The van der Waals surface area contributed by atoms with Crippen molar-refractivity contribution in [2.24, 2.45) is 5.73 Å². The summed E-state index contributed by atoms with van der Waals surface area (Å²) in [5, 5.41) is 3.16. The number of nitrogens with one attached hydrogen (secondary N) is 1. The van der Waals surface area contributed by atoms with Gasteiger partial charge in [-0.25, -0.2) is 4.79 Å². The van der Waals surface area contributed by atoms with Crippen LogP contribution < -0.4 is 15.8 Å². The minimum Gasteiger partial charge on any atom is -0.492 e. The standard InChI is InChI=1S/C12H16Br2N2O3/c1-2-18-11-8(5-9(13)6-10(11)14)7-16-3-4-19-12(15)17/h5-6,16H,2-4,7H2,1H3,(H2,15,17). The molecule has 0 unspecified atom stereocenters. The van der Waals surface area contributed by atoms with Crippen molar-refractivity contribution in [3.05, 3.63) is 26.6 Å². The smallest absolute Gasteiger partial charge is 0.404 e. The fourth-order valence-electron chi connectivity index (χ4n) is 1.50. The Labute approximate surface area is 129 Å². The van der Waals surface area contributed by atoms with E-state index < -0.39 is 6.09 Å². The van der Waals surface area contributed by atoms with Gasteiger partial charge in [-0.05, 0) is 35.0 Å². The van der Waals surface area contributed by atoms with Crippen LogP contribution in [0.2, 0.25) is 0 Å². The predicted octanol–water partition coefficient (Wildman–Crippen LogP) is 2.80. The maximum atomic E-state index is 10.4. The van der Waals surface area contributed by atoms with Crippen molar-refractivity contribution in [1.82, 2.24) is 5.32 Å². The number of ether oxygens (including phenoxy) is 2. The van der Waals surface area contributed by atoms with Crippen LogP contribution in [-0.2, 0) is 11.3 Å². The molecule has 0 spiro atoms. The highest BCUT2D eigenvalue weighted by Crippen LogP contribution is 2.32. The van der Waals surface area contributed by atoms with E-state index in [1.165, 1.54) is 0 Å². The molecule has 0 saturated heterocycles. The van der Waals surface area contributed by atoms with Gasteiger partial charge in [-0.1, -0.05) is 15.9 Å². The maximum Gasteiger partial charge on any atom is 0.404 e. The van der Waals surface area contributed by atoms with Crippen LogP contribution >= 0.6 is 31.9 Å². The van der Waals surface area contributed by atoms with Crippen LogP contribution in [0.25, 0.3) is 0 Å². The Balaban J connectivity index is 2.58. The molecule has 0 aliphatic carbocycles. The summed E-state index contributed by atoms with van der Waals surface area (Å²) in [6, 6.07) is 3.92. The summed E-state index contributed by atoms with van der Waals surface area (Å²) in [5.41, 5.74) is 5.88. The molecule has 0 fully saturated rings. The average molecular weight is 396 g/mol. The Kier molecular flexibility index (Phi) is 7.19. The number of rotatable bonds is 7. The first kappa shape index (κ1) is 16.3. The second-order valence-electron chi connectivity index (χ2n) is 3.65. The quantitative estimate of drug-likeness (QED) is 0.696. The van der Waals surface area contributed by atoms with Crippen molar-refractivity contribution in [2.45, 2.75) is 13.5 Å². The van der Waals surface area contributed by atoms with E-state index in [9.17, 15) is 4.79 Å². The molecule has 0 aliphatic rings. The topological polar surface area (TPSA) is 73.6 Å². The molecule has 106 valence electrons. The lowest BCUT2D eigenvalue weighted by molar-refractivity contribution is 0.157. The Hall–Kier alpha value is -0.790. The van der Waals surface area contributed by atoms with Crippen LogP contribution in [0.4, 0.5) is 4.79 Å². The predicted molar refractivity (Wildman–Crippen MR) is 80.3 cm³/mol. The number of hydrogen-bond acceptors (Lipinski definition) is 4. The van der Waals surface area contributed by atoms with E-state index in [0.29, 0.717) is 19.7 Å². The summed E-state index contributed by atoms with van der Waals surface area (Å²) in [4.78, 5) is 10.4. The number of carbonyl (C=O) groups excluding carboxylic acids is 1. The van der Waals surface area contributed by atoms with Gasteiger partial charge in [0.05, 0.1) is 11.1 Å². The zero-order valence-corrected chi connectivity index (χ0v) is 13.7. The molecule has 7 heteroatoms. The van der Waals surface area contributed by atoms with Crippen molar-refractivity contribution in [2.75, 3.05) is 19.8 Å². The molecule has 3 N–H and O–H groups in total. The Morgan fingerprint density at radius 1 is 1.42 bits per heavy atom. The zero-order chi connectivity index (χ0) is 14.3. The van der Waals surface area contributed by atoms with Gasteiger partial charge in [0.25, 0.3) is 0 Å². The molecule has 19 heavy (non-hydrogen) atoms. The Morgan fingerprint density at radius 3 is 2.79 bits per heavy atom. The van der Waals surface area contributed by atoms with E-state index in [0.717, 1.165) is 20.3 Å². The number of nitrogens with two attached hydrogens (primary N) is 1. The molecule has 1 rings (SSSR count). The van der Waals surface area contributed by atoms with Crippen LogP contribution in [0.3, 0.4) is 0 Å². The normalized spacial score (nSPS) is 10.3. The van der Waals surface area contributed by atoms with Crippen LogP contribution in [-0.4, -0.2) is 25.9 Å². The van der Waals surface area contributed by atoms with Gasteiger partial charge in [0.1, 0.15) is 12.4 Å². The van der Waals surface area contributed by atoms with Gasteiger partial charge in [0.2, 0.25) is 0 Å². The first-order valence-electron chi connectivity index (χ1n) is 5.78. The fourth-order valence-corrected chi connectivity index (χ4v) is 2.93. The van der Waals surface area contributed by atoms with Crippen molar-refractivity contribution in [3.63, 3.8) is 0 Å². The third-order valence-electron chi connectivity index (χ3n) is 2.21. The van der Waals surface area contributed by atoms with E-state index in [2.05, 4.69) is 41.9 Å². The van der Waals surface area contributed by atoms with E-state index in [1.807, 2.05) is 19.1 Å². The lowest BCUT2D eigenvalue weighted by Gasteiger charge is -2.13. The van der Waals surface area contributed by atoms with Crippen LogP contribution in [0.15, 0.2) is 21.1 Å². The summed E-state index contributed by atoms with van der Waals surface area (Å²) in [6.45, 7) is 3.91. The minimum absolute atomic E-state index is 0.245. The molecule has 1 aromatic rings. The van der Waals surface area contributed by atoms with Crippen LogP contribution in [0.5, 0.6) is 5.75 Å². The number of amides is 1. The fraction of sp³-hybridized carbons (Fsp3) is 0.417. The van der Waals surface area contributed by atoms with Crippen LogP contribution in [0, 0.1) is 0 Å². The van der Waals surface area contributed by atoms with Crippen molar-refractivity contribution < 1.29 is 14.3 Å². The zero-order valence-electron chi connectivity index (χ0n) is 10.5. The van der Waals surface area contributed by atoms with Gasteiger partial charge in [-0.2, -0.15) is 0 Å². The number of hydrogen-bond donors (Lipinski definition) is 2. The van der Waals surface area contributed by atoms with Gasteiger partial charge < -0.3 is 20.5 Å². The summed E-state index contributed by atoms with van der Waals surface area (Å²) in [5.74, 6) is 0.814. The average Bonchev–Trinajstić information content (AvgIpc) is 2.32. The highest BCUT2D eigenvalue weighted by molar-refractivity contribution is 9.11. The first-order chi connectivity index (χ1) is 9.04. The first-order valence-corrected chi connectivity index (χ1v) is 7.36. The van der Waals surface area contributed by atoms with Gasteiger partial charge in [-0.15, -0.1) is 0 Å². The lowest BCUT2D eigenvalue weighted by atomic mass is 10.2. The van der Waals surface area contributed by atoms with Gasteiger partial charge in [0, 0.05) is 23.1 Å². The molecule has 0 radical (unpaired) electrons. The maximum absolute atomic E-state index is 10.4. The number of benzene rings is 1. The van der Waals surface area contributed by atoms with E-state index in [4.69, 9.17) is 10.5 Å². The van der Waals surface area contributed by atoms with E-state index >= 15 is 0 Å². The van der Waals surface area contributed by atoms with E-state index in [1.54, 1.807) is 0 Å². The summed E-state index contributed by atoms with van der Waals surface area (Å²) in [7, 11) is 0. The van der Waals surface area contributed by atoms with Gasteiger partial charge >= 0.3 is 6.09 Å². The second kappa shape index (κ2) is 8.39. The third-order valence-corrected chi connectivity index (χ3v) is 3.26. The summed E-state index contributed by atoms with van der Waals surface area (Å²) >= 11 is 6.91. The monoisotopic (exact) mass is 394 g/mol. The number of halogens is 2. The molecule has 0 atom stereocenters. The van der Waals surface area contributed by atoms with Gasteiger partial charge in [0.15, 0.2) is 0 Å². The van der Waals surface area contributed by atoms with Crippen molar-refractivity contribution >= 4 is 38.0 Å². The van der Waals surface area contributed by atoms with Crippen molar-refractivity contribution in [3.8, 4) is 5.75 Å². The lowest BCUT2D eigenvalue weighted by Crippen LogP contribution is -2.23. The van der Waals surface area contributed by atoms with Crippen molar-refractivity contribution in [1.29, 1.82) is 0 Å². The third kappa shape index (κ3) is 5.80. The number of primary amides is 1.